The molecule has 2 nitrogen and oxygen atoms in total. The van der Waals surface area contributed by atoms with Crippen LogP contribution >= 0.6 is 0 Å². The first-order valence-electron chi connectivity index (χ1n) is 16.4. The Morgan fingerprint density at radius 3 is 1.49 bits per heavy atom. The van der Waals surface area contributed by atoms with E-state index in [1.807, 2.05) is 0 Å². The smallest absolute Gasteiger partial charge is 0.0542 e. The Balaban J connectivity index is 1.30. The Kier molecular flexibility index (Phi) is 6.20. The fourth-order valence-electron chi connectivity index (χ4n) is 7.59. The van der Waals surface area contributed by atoms with Crippen LogP contribution in [0, 0.1) is 0 Å². The number of anilines is 3. The highest BCUT2D eigenvalue weighted by Gasteiger charge is 2.37. The molecule has 0 spiro atoms. The summed E-state index contributed by atoms with van der Waals surface area (Å²) in [4.78, 5) is 2.48. The van der Waals surface area contributed by atoms with Crippen LogP contribution in [0.25, 0.3) is 49.7 Å². The molecule has 0 N–H and O–H groups in total. The Labute approximate surface area is 275 Å². The zero-order chi connectivity index (χ0) is 31.5. The van der Waals surface area contributed by atoms with Crippen molar-refractivity contribution >= 4 is 38.9 Å². The molecule has 224 valence electrons. The highest BCUT2D eigenvalue weighted by molar-refractivity contribution is 6.11. The van der Waals surface area contributed by atoms with Gasteiger partial charge in [0.2, 0.25) is 0 Å². The maximum Gasteiger partial charge on any atom is 0.0542 e. The van der Waals surface area contributed by atoms with Gasteiger partial charge in [-0.15, -0.1) is 0 Å². The Morgan fingerprint density at radius 2 is 0.894 bits per heavy atom. The normalized spacial score (nSPS) is 13.4. The third-order valence-electron chi connectivity index (χ3n) is 9.96. The summed E-state index contributed by atoms with van der Waals surface area (Å²) in [5.41, 5.74) is 14.6. The summed E-state index contributed by atoms with van der Waals surface area (Å²) in [6.07, 6.45) is 0. The van der Waals surface area contributed by atoms with E-state index in [2.05, 4.69) is 193 Å². The number of rotatable bonds is 4. The maximum absolute atomic E-state index is 2.48. The second-order valence-electron chi connectivity index (χ2n) is 13.0. The molecule has 2 heterocycles. The van der Waals surface area contributed by atoms with Crippen LogP contribution in [0.4, 0.5) is 17.1 Å². The second-order valence-corrected chi connectivity index (χ2v) is 13.0. The van der Waals surface area contributed by atoms with Crippen LogP contribution in [-0.2, 0) is 5.41 Å². The Bertz CT molecular complexity index is 2330. The highest BCUT2D eigenvalue weighted by atomic mass is 15.2. The first kappa shape index (κ1) is 27.5. The van der Waals surface area contributed by atoms with Gasteiger partial charge in [-0.1, -0.05) is 123 Å². The molecule has 1 aliphatic rings. The van der Waals surface area contributed by atoms with Crippen molar-refractivity contribution in [1.29, 1.82) is 0 Å². The first-order valence-corrected chi connectivity index (χ1v) is 16.4. The molecule has 0 amide bonds. The summed E-state index contributed by atoms with van der Waals surface area (Å²) < 4.78 is 2.38. The van der Waals surface area contributed by atoms with Gasteiger partial charge in [-0.25, -0.2) is 0 Å². The fraction of sp³-hybridized carbons (Fsp3) is 0.0667. The van der Waals surface area contributed by atoms with Crippen molar-refractivity contribution in [2.24, 2.45) is 0 Å². The van der Waals surface area contributed by atoms with Crippen molar-refractivity contribution in [2.75, 3.05) is 4.90 Å². The van der Waals surface area contributed by atoms with Crippen molar-refractivity contribution in [1.82, 2.24) is 4.57 Å². The van der Waals surface area contributed by atoms with Gasteiger partial charge in [0.25, 0.3) is 0 Å². The van der Waals surface area contributed by atoms with Gasteiger partial charge in [-0.2, -0.15) is 0 Å². The standard InChI is InChI=1S/C45H34N2/c1-45(2)39-28-33(31-14-6-3-7-15-31)22-25-43(39)47(44-26-23-34(29-40(44)45)32-16-8-4-9-17-32)36-24-27-42-38(30-36)37-20-12-13-21-41(37)46(42)35-18-10-5-11-19-35/h3-30H,1-2H3. The minimum Gasteiger partial charge on any atom is -0.310 e. The number of fused-ring (bicyclic) bond motifs is 5. The maximum atomic E-state index is 2.48. The molecule has 0 atom stereocenters. The quantitative estimate of drug-likeness (QED) is 0.195. The molecule has 2 heteroatoms. The minimum atomic E-state index is -0.218. The molecular formula is C45H34N2. The van der Waals surface area contributed by atoms with Crippen molar-refractivity contribution in [3.8, 4) is 27.9 Å². The van der Waals surface area contributed by atoms with Gasteiger partial charge in [0.05, 0.1) is 22.4 Å². The highest BCUT2D eigenvalue weighted by Crippen LogP contribution is 2.54. The van der Waals surface area contributed by atoms with Gasteiger partial charge in [0.1, 0.15) is 0 Å². The number of hydrogen-bond donors (Lipinski definition) is 0. The lowest BCUT2D eigenvalue weighted by Gasteiger charge is -2.42. The van der Waals surface area contributed by atoms with Crippen molar-refractivity contribution < 1.29 is 0 Å². The number of nitrogens with zero attached hydrogens (tertiary/aromatic N) is 2. The average molecular weight is 603 g/mol. The molecule has 47 heavy (non-hydrogen) atoms. The van der Waals surface area contributed by atoms with Crippen LogP contribution in [0.15, 0.2) is 170 Å². The number of benzene rings is 7. The molecule has 9 rings (SSSR count). The lowest BCUT2D eigenvalue weighted by molar-refractivity contribution is 0.632. The van der Waals surface area contributed by atoms with E-state index in [0.29, 0.717) is 0 Å². The van der Waals surface area contributed by atoms with Crippen LogP contribution in [0.5, 0.6) is 0 Å². The molecule has 0 fully saturated rings. The fourth-order valence-corrected chi connectivity index (χ4v) is 7.59. The van der Waals surface area contributed by atoms with Crippen molar-refractivity contribution in [3.63, 3.8) is 0 Å². The lowest BCUT2D eigenvalue weighted by Crippen LogP contribution is -2.30. The Morgan fingerprint density at radius 1 is 0.383 bits per heavy atom. The van der Waals surface area contributed by atoms with Gasteiger partial charge in [0, 0.05) is 27.6 Å². The first-order chi connectivity index (χ1) is 23.1. The summed E-state index contributed by atoms with van der Waals surface area (Å²) in [7, 11) is 0. The van der Waals surface area contributed by atoms with E-state index in [9.17, 15) is 0 Å². The second kappa shape index (κ2) is 10.6. The summed E-state index contributed by atoms with van der Waals surface area (Å²) in [5.74, 6) is 0. The lowest BCUT2D eigenvalue weighted by atomic mass is 9.72. The average Bonchev–Trinajstić information content (AvgIpc) is 3.46. The van der Waals surface area contributed by atoms with E-state index in [1.54, 1.807) is 0 Å². The third kappa shape index (κ3) is 4.33. The van der Waals surface area contributed by atoms with Crippen LogP contribution in [0.2, 0.25) is 0 Å². The summed E-state index contributed by atoms with van der Waals surface area (Å²) in [6.45, 7) is 4.75. The Hall–Kier alpha value is -5.86. The van der Waals surface area contributed by atoms with Gasteiger partial charge in [-0.3, -0.25) is 0 Å². The number of hydrogen-bond acceptors (Lipinski definition) is 1. The molecule has 0 aliphatic carbocycles. The van der Waals surface area contributed by atoms with Crippen LogP contribution in [0.3, 0.4) is 0 Å². The van der Waals surface area contributed by atoms with E-state index in [-0.39, 0.29) is 5.41 Å². The molecule has 1 aliphatic heterocycles. The number of para-hydroxylation sites is 2. The number of aromatic nitrogens is 1. The van der Waals surface area contributed by atoms with E-state index in [0.717, 1.165) is 5.69 Å². The molecular weight excluding hydrogens is 569 g/mol. The van der Waals surface area contributed by atoms with E-state index < -0.39 is 0 Å². The molecule has 0 saturated carbocycles. The molecule has 0 radical (unpaired) electrons. The predicted molar refractivity (Wildman–Crippen MR) is 198 cm³/mol. The van der Waals surface area contributed by atoms with Crippen molar-refractivity contribution in [3.05, 3.63) is 181 Å². The van der Waals surface area contributed by atoms with Crippen molar-refractivity contribution in [2.45, 2.75) is 19.3 Å². The summed E-state index contributed by atoms with van der Waals surface area (Å²) >= 11 is 0. The van der Waals surface area contributed by atoms with E-state index >= 15 is 0 Å². The van der Waals surface area contributed by atoms with Crippen LogP contribution in [-0.4, -0.2) is 4.57 Å². The largest absolute Gasteiger partial charge is 0.310 e. The molecule has 0 unspecified atom stereocenters. The van der Waals surface area contributed by atoms with E-state index in [4.69, 9.17) is 0 Å². The van der Waals surface area contributed by atoms with Crippen LogP contribution in [0.1, 0.15) is 25.0 Å². The van der Waals surface area contributed by atoms with Gasteiger partial charge in [-0.05, 0) is 94.0 Å². The topological polar surface area (TPSA) is 8.17 Å². The van der Waals surface area contributed by atoms with Gasteiger partial charge < -0.3 is 9.47 Å². The predicted octanol–water partition coefficient (Wildman–Crippen LogP) is 12.2. The molecule has 0 saturated heterocycles. The van der Waals surface area contributed by atoms with Crippen LogP contribution < -0.4 is 4.90 Å². The van der Waals surface area contributed by atoms with E-state index in [1.165, 1.54) is 72.2 Å². The molecule has 1 aromatic heterocycles. The summed E-state index contributed by atoms with van der Waals surface area (Å²) in [5, 5.41) is 2.50. The zero-order valence-electron chi connectivity index (χ0n) is 26.6. The minimum absolute atomic E-state index is 0.218. The SMILES string of the molecule is CC1(C)c2cc(-c3ccccc3)ccc2N(c2ccc3c(c2)c2ccccc2n3-c2ccccc2)c2ccc(-c3ccccc3)cc21. The zero-order valence-corrected chi connectivity index (χ0v) is 26.6. The van der Waals surface area contributed by atoms with Gasteiger partial charge >= 0.3 is 0 Å². The molecule has 7 aromatic carbocycles. The molecule has 8 aromatic rings. The van der Waals surface area contributed by atoms with Gasteiger partial charge in [0.15, 0.2) is 0 Å². The third-order valence-corrected chi connectivity index (χ3v) is 9.96. The monoisotopic (exact) mass is 602 g/mol. The summed E-state index contributed by atoms with van der Waals surface area (Å²) in [6, 6.07) is 61.9. The molecule has 0 bridgehead atoms.